The zero-order valence-corrected chi connectivity index (χ0v) is 20.7. The number of β-amino-alcohol motifs (C(OH)–C–C–N with tert-alkyl or cyclic N) is 1. The van der Waals surface area contributed by atoms with Gasteiger partial charge in [-0.3, -0.25) is 14.6 Å². The average Bonchev–Trinajstić information content (AvgIpc) is 3.12. The summed E-state index contributed by atoms with van der Waals surface area (Å²) in [5, 5.41) is 15.7. The maximum atomic E-state index is 13.4. The first-order chi connectivity index (χ1) is 17.4. The fraction of sp³-hybridized carbons (Fsp3) is 0.357. The molecule has 8 nitrogen and oxygen atoms in total. The normalized spacial score (nSPS) is 21.6. The van der Waals surface area contributed by atoms with Crippen molar-refractivity contribution in [3.8, 4) is 5.75 Å². The van der Waals surface area contributed by atoms with Gasteiger partial charge in [0, 0.05) is 32.7 Å². The number of ether oxygens (including phenoxy) is 1. The fourth-order valence-corrected chi connectivity index (χ4v) is 5.19. The van der Waals surface area contributed by atoms with Gasteiger partial charge in [-0.1, -0.05) is 48.5 Å². The standard InChI is InChI=1S/C28H32N4O4/c1-28(22-12-11-20-7-3-4-8-21(20)17-22)26(34)32(27(35)29-28)19-23(33)18-30-13-15-31(16-14-30)24-9-5-6-10-25(24)36-2/h3-12,17,23,33H,13-16,18-19H2,1-2H3,(H,29,35). The number of nitrogens with zero attached hydrogens (tertiary/aromatic N) is 3. The molecule has 3 amide bonds. The van der Waals surface area contributed by atoms with E-state index in [0.29, 0.717) is 6.54 Å². The number of amides is 3. The maximum absolute atomic E-state index is 13.4. The molecule has 2 atom stereocenters. The van der Waals surface area contributed by atoms with E-state index >= 15 is 0 Å². The highest BCUT2D eigenvalue weighted by atomic mass is 16.5. The lowest BCUT2D eigenvalue weighted by Crippen LogP contribution is -2.50. The van der Waals surface area contributed by atoms with Crippen LogP contribution in [0.4, 0.5) is 10.5 Å². The number of piperazine rings is 1. The molecule has 8 heteroatoms. The highest BCUT2D eigenvalue weighted by Crippen LogP contribution is 2.31. The molecule has 2 N–H and O–H groups in total. The quantitative estimate of drug-likeness (QED) is 0.498. The number of hydrogen-bond donors (Lipinski definition) is 2. The fourth-order valence-electron chi connectivity index (χ4n) is 5.19. The first-order valence-electron chi connectivity index (χ1n) is 12.3. The molecular formula is C28H32N4O4. The minimum absolute atomic E-state index is 0.0411. The lowest BCUT2D eigenvalue weighted by atomic mass is 9.90. The Morgan fingerprint density at radius 3 is 2.39 bits per heavy atom. The first kappa shape index (κ1) is 24.1. The highest BCUT2D eigenvalue weighted by Gasteiger charge is 2.49. The molecule has 2 unspecified atom stereocenters. The minimum atomic E-state index is -1.17. The van der Waals surface area contributed by atoms with E-state index in [1.54, 1.807) is 14.0 Å². The van der Waals surface area contributed by atoms with Crippen molar-refractivity contribution in [1.29, 1.82) is 0 Å². The van der Waals surface area contributed by atoms with Crippen LogP contribution in [-0.2, 0) is 10.3 Å². The van der Waals surface area contributed by atoms with Crippen molar-refractivity contribution in [3.63, 3.8) is 0 Å². The second-order valence-corrected chi connectivity index (χ2v) is 9.65. The largest absolute Gasteiger partial charge is 0.495 e. The minimum Gasteiger partial charge on any atom is -0.495 e. The number of urea groups is 1. The van der Waals surface area contributed by atoms with Gasteiger partial charge < -0.3 is 20.1 Å². The molecule has 0 spiro atoms. The third-order valence-electron chi connectivity index (χ3n) is 7.26. The molecule has 36 heavy (non-hydrogen) atoms. The van der Waals surface area contributed by atoms with Crippen LogP contribution in [0.5, 0.6) is 5.75 Å². The first-order valence-corrected chi connectivity index (χ1v) is 12.3. The van der Waals surface area contributed by atoms with Crippen LogP contribution in [0.1, 0.15) is 12.5 Å². The van der Waals surface area contributed by atoms with Crippen LogP contribution in [0.25, 0.3) is 10.8 Å². The van der Waals surface area contributed by atoms with Gasteiger partial charge in [0.05, 0.1) is 25.4 Å². The number of rotatable bonds is 7. The summed E-state index contributed by atoms with van der Waals surface area (Å²) in [4.78, 5) is 31.7. The van der Waals surface area contributed by atoms with Crippen LogP contribution >= 0.6 is 0 Å². The van der Waals surface area contributed by atoms with Gasteiger partial charge in [-0.2, -0.15) is 0 Å². The molecule has 3 aromatic carbocycles. The van der Waals surface area contributed by atoms with Crippen molar-refractivity contribution in [2.45, 2.75) is 18.6 Å². The summed E-state index contributed by atoms with van der Waals surface area (Å²) in [6.45, 7) is 5.21. The molecule has 0 aliphatic carbocycles. The van der Waals surface area contributed by atoms with Crippen molar-refractivity contribution >= 4 is 28.4 Å². The number of aliphatic hydroxyl groups excluding tert-OH is 1. The summed E-state index contributed by atoms with van der Waals surface area (Å²) >= 11 is 0. The molecule has 0 saturated carbocycles. The Balaban J connectivity index is 1.20. The Morgan fingerprint density at radius 2 is 1.64 bits per heavy atom. The Labute approximate surface area is 211 Å². The van der Waals surface area contributed by atoms with Gasteiger partial charge in [0.2, 0.25) is 0 Å². The molecule has 2 aliphatic heterocycles. The molecular weight excluding hydrogens is 456 g/mol. The van der Waals surface area contributed by atoms with Gasteiger partial charge in [0.15, 0.2) is 0 Å². The van der Waals surface area contributed by atoms with Crippen LogP contribution < -0.4 is 15.0 Å². The van der Waals surface area contributed by atoms with E-state index in [9.17, 15) is 14.7 Å². The number of imide groups is 1. The predicted molar refractivity (Wildman–Crippen MR) is 139 cm³/mol. The Morgan fingerprint density at radius 1 is 0.944 bits per heavy atom. The van der Waals surface area contributed by atoms with E-state index in [0.717, 1.165) is 58.9 Å². The van der Waals surface area contributed by atoms with Crippen molar-refractivity contribution in [2.24, 2.45) is 0 Å². The molecule has 0 aromatic heterocycles. The molecule has 0 radical (unpaired) electrons. The number of benzene rings is 3. The van der Waals surface area contributed by atoms with Crippen LogP contribution in [0, 0.1) is 0 Å². The number of nitrogens with one attached hydrogen (secondary N) is 1. The molecule has 5 rings (SSSR count). The zero-order chi connectivity index (χ0) is 25.3. The van der Waals surface area contributed by atoms with E-state index in [-0.39, 0.29) is 12.5 Å². The van der Waals surface area contributed by atoms with Gasteiger partial charge in [-0.05, 0) is 41.5 Å². The number of carbonyl (C=O) groups is 2. The number of carbonyl (C=O) groups excluding carboxylic acids is 2. The second kappa shape index (κ2) is 9.79. The molecule has 2 saturated heterocycles. The summed E-state index contributed by atoms with van der Waals surface area (Å²) in [6, 6.07) is 21.2. The number of aliphatic hydroxyl groups is 1. The van der Waals surface area contributed by atoms with Gasteiger partial charge in [-0.25, -0.2) is 4.79 Å². The summed E-state index contributed by atoms with van der Waals surface area (Å²) in [5.41, 5.74) is 0.623. The van der Waals surface area contributed by atoms with E-state index in [4.69, 9.17) is 4.74 Å². The van der Waals surface area contributed by atoms with Crippen LogP contribution in [0.2, 0.25) is 0 Å². The smallest absolute Gasteiger partial charge is 0.325 e. The third-order valence-corrected chi connectivity index (χ3v) is 7.26. The van der Waals surface area contributed by atoms with E-state index in [1.807, 2.05) is 66.7 Å². The van der Waals surface area contributed by atoms with Gasteiger partial charge >= 0.3 is 6.03 Å². The molecule has 2 aliphatic rings. The predicted octanol–water partition coefficient (Wildman–Crippen LogP) is 2.80. The molecule has 2 heterocycles. The number of fused-ring (bicyclic) bond motifs is 1. The SMILES string of the molecule is COc1ccccc1N1CCN(CC(O)CN2C(=O)NC(C)(c3ccc4ccccc4c3)C2=O)CC1. The van der Waals surface area contributed by atoms with Crippen molar-refractivity contribution in [3.05, 3.63) is 72.3 Å². The van der Waals surface area contributed by atoms with Gasteiger partial charge in [0.1, 0.15) is 11.3 Å². The number of hydrogen-bond acceptors (Lipinski definition) is 6. The lowest BCUT2D eigenvalue weighted by Gasteiger charge is -2.37. The Hall–Kier alpha value is -3.62. The van der Waals surface area contributed by atoms with Gasteiger partial charge in [0.25, 0.3) is 5.91 Å². The summed E-state index contributed by atoms with van der Waals surface area (Å²) in [5.74, 6) is 0.502. The topological polar surface area (TPSA) is 85.3 Å². The van der Waals surface area contributed by atoms with E-state index < -0.39 is 17.7 Å². The molecule has 3 aromatic rings. The summed E-state index contributed by atoms with van der Waals surface area (Å²) < 4.78 is 5.48. The summed E-state index contributed by atoms with van der Waals surface area (Å²) in [6.07, 6.45) is -0.837. The number of anilines is 1. The average molecular weight is 489 g/mol. The highest BCUT2D eigenvalue weighted by molar-refractivity contribution is 6.07. The van der Waals surface area contributed by atoms with Gasteiger partial charge in [-0.15, -0.1) is 0 Å². The maximum Gasteiger partial charge on any atom is 0.325 e. The van der Waals surface area contributed by atoms with Crippen molar-refractivity contribution in [1.82, 2.24) is 15.1 Å². The van der Waals surface area contributed by atoms with E-state index in [1.165, 1.54) is 0 Å². The third kappa shape index (κ3) is 4.50. The lowest BCUT2D eigenvalue weighted by molar-refractivity contribution is -0.132. The summed E-state index contributed by atoms with van der Waals surface area (Å²) in [7, 11) is 1.67. The number of methoxy groups -OCH3 is 1. The number of para-hydroxylation sites is 2. The molecule has 0 bridgehead atoms. The van der Waals surface area contributed by atoms with Crippen molar-refractivity contribution < 1.29 is 19.4 Å². The van der Waals surface area contributed by atoms with Crippen molar-refractivity contribution in [2.75, 3.05) is 51.3 Å². The van der Waals surface area contributed by atoms with Crippen LogP contribution in [0.15, 0.2) is 66.7 Å². The van der Waals surface area contributed by atoms with Crippen LogP contribution in [-0.4, -0.2) is 79.3 Å². The Kier molecular flexibility index (Phi) is 6.55. The monoisotopic (exact) mass is 488 g/mol. The Bertz CT molecular complexity index is 1270. The van der Waals surface area contributed by atoms with Crippen LogP contribution in [0.3, 0.4) is 0 Å². The zero-order valence-electron chi connectivity index (χ0n) is 20.7. The molecule has 188 valence electrons. The second-order valence-electron chi connectivity index (χ2n) is 9.65. The van der Waals surface area contributed by atoms with E-state index in [2.05, 4.69) is 15.1 Å². The molecule has 2 fully saturated rings.